The molecule has 3 heterocycles. The fourth-order valence-electron chi connectivity index (χ4n) is 2.39. The lowest BCUT2D eigenvalue weighted by Crippen LogP contribution is -2.29. The first-order chi connectivity index (χ1) is 12.1. The van der Waals surface area contributed by atoms with Crippen molar-refractivity contribution in [2.24, 2.45) is 0 Å². The van der Waals surface area contributed by atoms with E-state index in [0.717, 1.165) is 22.0 Å². The average molecular weight is 355 g/mol. The lowest BCUT2D eigenvalue weighted by molar-refractivity contribution is 0.0949. The summed E-state index contributed by atoms with van der Waals surface area (Å²) in [5, 5.41) is 3.72. The molecule has 1 amide bonds. The quantitative estimate of drug-likeness (QED) is 0.730. The predicted molar refractivity (Wildman–Crippen MR) is 95.5 cm³/mol. The number of thiazole rings is 1. The minimum atomic E-state index is -0.484. The van der Waals surface area contributed by atoms with Crippen molar-refractivity contribution >= 4 is 17.2 Å². The number of nitrogens with one attached hydrogen (secondary N) is 2. The van der Waals surface area contributed by atoms with Crippen molar-refractivity contribution < 1.29 is 4.79 Å². The number of nitrogens with zero attached hydrogens (tertiary/aromatic N) is 3. The highest BCUT2D eigenvalue weighted by Gasteiger charge is 2.14. The predicted octanol–water partition coefficient (Wildman–Crippen LogP) is 2.09. The molecule has 0 aromatic carbocycles. The molecule has 8 heteroatoms. The Balaban J connectivity index is 1.75. The number of aromatic nitrogens is 4. The first-order valence-corrected chi connectivity index (χ1v) is 8.63. The first-order valence-electron chi connectivity index (χ1n) is 7.81. The van der Waals surface area contributed by atoms with E-state index in [-0.39, 0.29) is 5.56 Å². The Bertz CT molecular complexity index is 949. The summed E-state index contributed by atoms with van der Waals surface area (Å²) < 4.78 is 0. The lowest BCUT2D eigenvalue weighted by Gasteiger charge is -2.05. The van der Waals surface area contributed by atoms with Crippen molar-refractivity contribution in [1.82, 2.24) is 25.3 Å². The second-order valence-corrected chi connectivity index (χ2v) is 6.64. The largest absolute Gasteiger partial charge is 0.347 e. The number of aryl methyl sites for hydroxylation is 2. The van der Waals surface area contributed by atoms with Gasteiger partial charge in [0.05, 0.1) is 17.2 Å². The van der Waals surface area contributed by atoms with Crippen LogP contribution in [0.3, 0.4) is 0 Å². The summed E-state index contributed by atoms with van der Waals surface area (Å²) >= 11 is 1.55. The number of rotatable bonds is 5. The molecule has 0 saturated heterocycles. The summed E-state index contributed by atoms with van der Waals surface area (Å²) in [6.45, 7) is 4.30. The molecular weight excluding hydrogens is 338 g/mol. The smallest absolute Gasteiger partial charge is 0.264 e. The van der Waals surface area contributed by atoms with Gasteiger partial charge in [0, 0.05) is 29.0 Å². The molecule has 0 aliphatic carbocycles. The fraction of sp³-hybridized carbons (Fsp3) is 0.235. The molecule has 0 aliphatic heterocycles. The standard InChI is InChI=1S/C17H17N5O2S/c1-3-13-14(25-10(2)21-13)9-20-16(23)12-8-19-15(22-17(12)24)11-5-4-6-18-7-11/h4-8H,3,9H2,1-2H3,(H,20,23)(H,19,22,24). The van der Waals surface area contributed by atoms with E-state index in [1.165, 1.54) is 6.20 Å². The molecule has 0 fully saturated rings. The van der Waals surface area contributed by atoms with Gasteiger partial charge in [-0.2, -0.15) is 0 Å². The third-order valence-corrected chi connectivity index (χ3v) is 4.62. The second kappa shape index (κ2) is 7.35. The highest BCUT2D eigenvalue weighted by Crippen LogP contribution is 2.18. The van der Waals surface area contributed by atoms with Gasteiger partial charge in [0.15, 0.2) is 0 Å². The van der Waals surface area contributed by atoms with E-state index < -0.39 is 11.5 Å². The van der Waals surface area contributed by atoms with E-state index in [1.807, 2.05) is 13.8 Å². The Kier molecular flexibility index (Phi) is 4.99. The van der Waals surface area contributed by atoms with Crippen LogP contribution in [0.4, 0.5) is 0 Å². The third-order valence-electron chi connectivity index (χ3n) is 3.61. The lowest BCUT2D eigenvalue weighted by atomic mass is 10.2. The molecule has 7 nitrogen and oxygen atoms in total. The number of hydrogen-bond donors (Lipinski definition) is 2. The Morgan fingerprint density at radius 3 is 2.88 bits per heavy atom. The van der Waals surface area contributed by atoms with Crippen molar-refractivity contribution in [2.75, 3.05) is 0 Å². The molecule has 3 rings (SSSR count). The number of aromatic amines is 1. The van der Waals surface area contributed by atoms with Crippen molar-refractivity contribution in [2.45, 2.75) is 26.8 Å². The number of pyridine rings is 1. The van der Waals surface area contributed by atoms with E-state index in [2.05, 4.69) is 25.3 Å². The molecule has 3 aromatic rings. The van der Waals surface area contributed by atoms with Gasteiger partial charge in [-0.1, -0.05) is 6.92 Å². The zero-order valence-corrected chi connectivity index (χ0v) is 14.7. The highest BCUT2D eigenvalue weighted by molar-refractivity contribution is 7.11. The van der Waals surface area contributed by atoms with Crippen LogP contribution in [0, 0.1) is 6.92 Å². The summed E-state index contributed by atoms with van der Waals surface area (Å²) in [4.78, 5) is 40.7. The van der Waals surface area contributed by atoms with E-state index >= 15 is 0 Å². The van der Waals surface area contributed by atoms with E-state index in [9.17, 15) is 9.59 Å². The molecule has 0 bridgehead atoms. The Hall–Kier alpha value is -2.87. The summed E-state index contributed by atoms with van der Waals surface area (Å²) in [7, 11) is 0. The molecule has 128 valence electrons. The fourth-order valence-corrected chi connectivity index (χ4v) is 3.35. The van der Waals surface area contributed by atoms with Crippen LogP contribution in [0.15, 0.2) is 35.5 Å². The summed E-state index contributed by atoms with van der Waals surface area (Å²) in [6, 6.07) is 3.53. The molecule has 0 atom stereocenters. The molecule has 0 spiro atoms. The van der Waals surface area contributed by atoms with Crippen molar-refractivity contribution in [3.63, 3.8) is 0 Å². The molecular formula is C17H17N5O2S. The molecule has 0 unspecified atom stereocenters. The number of amides is 1. The van der Waals surface area contributed by atoms with Crippen LogP contribution >= 0.6 is 11.3 Å². The Morgan fingerprint density at radius 2 is 2.20 bits per heavy atom. The van der Waals surface area contributed by atoms with Gasteiger partial charge >= 0.3 is 0 Å². The van der Waals surface area contributed by atoms with Gasteiger partial charge in [-0.3, -0.25) is 14.6 Å². The zero-order valence-electron chi connectivity index (χ0n) is 13.9. The minimum absolute atomic E-state index is 0.0214. The second-order valence-electron chi connectivity index (χ2n) is 5.36. The number of carbonyl (C=O) groups is 1. The Labute approximate surface area is 148 Å². The van der Waals surface area contributed by atoms with Gasteiger partial charge in [0.2, 0.25) is 0 Å². The Morgan fingerprint density at radius 1 is 1.36 bits per heavy atom. The molecule has 0 saturated carbocycles. The van der Waals surface area contributed by atoms with Gasteiger partial charge in [0.1, 0.15) is 11.4 Å². The molecule has 2 N–H and O–H groups in total. The van der Waals surface area contributed by atoms with E-state index in [0.29, 0.717) is 17.9 Å². The normalized spacial score (nSPS) is 10.6. The van der Waals surface area contributed by atoms with Gasteiger partial charge in [-0.05, 0) is 25.5 Å². The number of hydrogen-bond acceptors (Lipinski definition) is 6. The van der Waals surface area contributed by atoms with Crippen LogP contribution in [0.1, 0.15) is 32.9 Å². The number of H-pyrrole nitrogens is 1. The van der Waals surface area contributed by atoms with E-state index in [4.69, 9.17) is 0 Å². The highest BCUT2D eigenvalue weighted by atomic mass is 32.1. The minimum Gasteiger partial charge on any atom is -0.347 e. The summed E-state index contributed by atoms with van der Waals surface area (Å²) in [6.07, 6.45) is 5.32. The summed E-state index contributed by atoms with van der Waals surface area (Å²) in [5.74, 6) is -0.0828. The van der Waals surface area contributed by atoms with Crippen molar-refractivity contribution in [3.8, 4) is 11.4 Å². The summed E-state index contributed by atoms with van der Waals surface area (Å²) in [5.41, 5.74) is 1.15. The number of carbonyl (C=O) groups excluding carboxylic acids is 1. The van der Waals surface area contributed by atoms with Gasteiger partial charge in [-0.15, -0.1) is 11.3 Å². The monoisotopic (exact) mass is 355 g/mol. The zero-order chi connectivity index (χ0) is 17.8. The van der Waals surface area contributed by atoms with Crippen molar-refractivity contribution in [1.29, 1.82) is 0 Å². The molecule has 25 heavy (non-hydrogen) atoms. The van der Waals surface area contributed by atoms with Crippen LogP contribution in [-0.2, 0) is 13.0 Å². The third kappa shape index (κ3) is 3.80. The van der Waals surface area contributed by atoms with Gasteiger partial charge < -0.3 is 10.3 Å². The maximum atomic E-state index is 12.3. The molecule has 3 aromatic heterocycles. The molecule has 0 radical (unpaired) electrons. The van der Waals surface area contributed by atoms with Crippen molar-refractivity contribution in [3.05, 3.63) is 62.2 Å². The van der Waals surface area contributed by atoms with Gasteiger partial charge in [-0.25, -0.2) is 9.97 Å². The van der Waals surface area contributed by atoms with Crippen LogP contribution in [-0.4, -0.2) is 25.8 Å². The maximum Gasteiger partial charge on any atom is 0.264 e. The van der Waals surface area contributed by atoms with E-state index in [1.54, 1.807) is 35.9 Å². The maximum absolute atomic E-state index is 12.3. The average Bonchev–Trinajstić information content (AvgIpc) is 3.00. The van der Waals surface area contributed by atoms with Crippen LogP contribution in [0.25, 0.3) is 11.4 Å². The first kappa shape index (κ1) is 17.0. The van der Waals surface area contributed by atoms with Gasteiger partial charge in [0.25, 0.3) is 11.5 Å². The topological polar surface area (TPSA) is 101 Å². The van der Waals surface area contributed by atoms with Crippen LogP contribution in [0.5, 0.6) is 0 Å². The van der Waals surface area contributed by atoms with Crippen LogP contribution < -0.4 is 10.9 Å². The SMILES string of the molecule is CCc1nc(C)sc1CNC(=O)c1cnc(-c2cccnc2)[nH]c1=O. The molecule has 0 aliphatic rings. The van der Waals surface area contributed by atoms with Crippen LogP contribution in [0.2, 0.25) is 0 Å².